The first kappa shape index (κ1) is 11.3. The maximum atomic E-state index is 12.5. The van der Waals surface area contributed by atoms with Crippen LogP contribution in [-0.2, 0) is 5.33 Å². The van der Waals surface area contributed by atoms with E-state index in [-0.39, 0.29) is 27.2 Å². The lowest BCUT2D eigenvalue weighted by Crippen LogP contribution is -1.99. The van der Waals surface area contributed by atoms with Crippen molar-refractivity contribution < 1.29 is 8.78 Å². The van der Waals surface area contributed by atoms with Crippen molar-refractivity contribution in [2.75, 3.05) is 0 Å². The van der Waals surface area contributed by atoms with Crippen molar-refractivity contribution in [1.29, 1.82) is 5.26 Å². The van der Waals surface area contributed by atoms with E-state index in [9.17, 15) is 8.78 Å². The molecule has 2 nitrogen and oxygen atoms in total. The molecule has 0 fully saturated rings. The third-order valence-corrected chi connectivity index (χ3v) is 2.54. The fourth-order valence-electron chi connectivity index (χ4n) is 0.947. The van der Waals surface area contributed by atoms with Crippen LogP contribution in [0, 0.1) is 11.3 Å². The Morgan fingerprint density at radius 1 is 1.64 bits per heavy atom. The summed E-state index contributed by atoms with van der Waals surface area (Å²) >= 11 is 8.64. The van der Waals surface area contributed by atoms with Crippen LogP contribution in [0.2, 0.25) is 5.02 Å². The molecule has 1 aromatic rings. The van der Waals surface area contributed by atoms with Crippen LogP contribution in [0.4, 0.5) is 8.78 Å². The molecule has 0 saturated heterocycles. The van der Waals surface area contributed by atoms with E-state index in [1.165, 1.54) is 6.20 Å². The van der Waals surface area contributed by atoms with E-state index >= 15 is 0 Å². The molecule has 6 heteroatoms. The molecule has 1 heterocycles. The lowest BCUT2D eigenvalue weighted by Gasteiger charge is -2.08. The summed E-state index contributed by atoms with van der Waals surface area (Å²) in [7, 11) is 0. The van der Waals surface area contributed by atoms with Crippen LogP contribution in [0.25, 0.3) is 0 Å². The second kappa shape index (κ2) is 4.67. The number of halogens is 4. The average Bonchev–Trinajstić information content (AvgIpc) is 2.16. The molecule has 0 atom stereocenters. The number of alkyl halides is 3. The Bertz CT molecular complexity index is 390. The number of nitriles is 1. The van der Waals surface area contributed by atoms with E-state index in [4.69, 9.17) is 16.9 Å². The van der Waals surface area contributed by atoms with Gasteiger partial charge in [-0.05, 0) is 0 Å². The zero-order valence-corrected chi connectivity index (χ0v) is 9.11. The van der Waals surface area contributed by atoms with Gasteiger partial charge in [-0.15, -0.1) is 0 Å². The molecule has 0 aliphatic carbocycles. The van der Waals surface area contributed by atoms with Gasteiger partial charge in [0.15, 0.2) is 0 Å². The Labute approximate surface area is 92.6 Å². The molecule has 1 rings (SSSR count). The molecule has 14 heavy (non-hydrogen) atoms. The molecule has 0 N–H and O–H groups in total. The first-order valence-corrected chi connectivity index (χ1v) is 5.03. The van der Waals surface area contributed by atoms with Gasteiger partial charge in [-0.25, -0.2) is 8.78 Å². The molecule has 0 unspecified atom stereocenters. The predicted molar refractivity (Wildman–Crippen MR) is 51.6 cm³/mol. The van der Waals surface area contributed by atoms with Crippen LogP contribution in [-0.4, -0.2) is 4.98 Å². The van der Waals surface area contributed by atoms with Crippen molar-refractivity contribution in [2.45, 2.75) is 11.8 Å². The highest BCUT2D eigenvalue weighted by atomic mass is 79.9. The monoisotopic (exact) mass is 280 g/mol. The molecule has 74 valence electrons. The summed E-state index contributed by atoms with van der Waals surface area (Å²) in [5, 5.41) is 8.52. The molecule has 0 bridgehead atoms. The summed E-state index contributed by atoms with van der Waals surface area (Å²) in [5.74, 6) is 0. The van der Waals surface area contributed by atoms with Crippen LogP contribution in [0.3, 0.4) is 0 Å². The van der Waals surface area contributed by atoms with E-state index < -0.39 is 6.43 Å². The maximum Gasteiger partial charge on any atom is 0.267 e. The normalized spacial score (nSPS) is 10.3. The fourth-order valence-corrected chi connectivity index (χ4v) is 1.68. The van der Waals surface area contributed by atoms with E-state index in [2.05, 4.69) is 20.9 Å². The van der Waals surface area contributed by atoms with Crippen molar-refractivity contribution in [1.82, 2.24) is 4.98 Å². The number of rotatable bonds is 2. The highest BCUT2D eigenvalue weighted by Gasteiger charge is 2.20. The predicted octanol–water partition coefficient (Wildman–Crippen LogP) is 3.44. The summed E-state index contributed by atoms with van der Waals surface area (Å²) in [5.41, 5.74) is -0.252. The lowest BCUT2D eigenvalue weighted by atomic mass is 10.1. The number of aromatic nitrogens is 1. The zero-order valence-electron chi connectivity index (χ0n) is 6.77. The third kappa shape index (κ3) is 2.02. The van der Waals surface area contributed by atoms with Gasteiger partial charge in [0, 0.05) is 11.5 Å². The van der Waals surface area contributed by atoms with Gasteiger partial charge >= 0.3 is 0 Å². The number of hydrogen-bond acceptors (Lipinski definition) is 2. The first-order valence-electron chi connectivity index (χ1n) is 3.53. The maximum absolute atomic E-state index is 12.5. The van der Waals surface area contributed by atoms with Gasteiger partial charge < -0.3 is 0 Å². The standard InChI is InChI=1S/C8H4BrClF2N2/c9-1-5-6(8(11)12)7(10)4(2-13)3-14-5/h3,8H,1H2. The first-order chi connectivity index (χ1) is 6.61. The SMILES string of the molecule is N#Cc1cnc(CBr)c(C(F)F)c1Cl. The summed E-state index contributed by atoms with van der Waals surface area (Å²) in [6, 6.07) is 1.70. The topological polar surface area (TPSA) is 36.7 Å². The highest BCUT2D eigenvalue weighted by Crippen LogP contribution is 2.32. The Balaban J connectivity index is 3.41. The van der Waals surface area contributed by atoms with Gasteiger partial charge in [-0.3, -0.25) is 4.98 Å². The molecule has 1 aromatic heterocycles. The average molecular weight is 281 g/mol. The molecular weight excluding hydrogens is 277 g/mol. The number of nitrogens with zero attached hydrogens (tertiary/aromatic N) is 2. The Morgan fingerprint density at radius 3 is 2.71 bits per heavy atom. The summed E-state index contributed by atoms with van der Waals surface area (Å²) in [6.07, 6.45) is -1.54. The minimum atomic E-state index is -2.73. The fraction of sp³-hybridized carbons (Fsp3) is 0.250. The summed E-state index contributed by atoms with van der Waals surface area (Å²) in [4.78, 5) is 3.72. The molecule has 0 aliphatic heterocycles. The largest absolute Gasteiger partial charge is 0.267 e. The van der Waals surface area contributed by atoms with Crippen LogP contribution in [0.5, 0.6) is 0 Å². The summed E-state index contributed by atoms with van der Waals surface area (Å²) < 4.78 is 25.1. The van der Waals surface area contributed by atoms with Gasteiger partial charge in [0.05, 0.1) is 21.8 Å². The molecule has 0 spiro atoms. The minimum absolute atomic E-state index is 0.0355. The van der Waals surface area contributed by atoms with Gasteiger partial charge in [-0.2, -0.15) is 5.26 Å². The van der Waals surface area contributed by atoms with Gasteiger partial charge in [0.25, 0.3) is 6.43 Å². The van der Waals surface area contributed by atoms with E-state index in [1.54, 1.807) is 6.07 Å². The van der Waals surface area contributed by atoms with Gasteiger partial charge in [0.2, 0.25) is 0 Å². The molecule has 0 saturated carbocycles. The molecule has 0 aromatic carbocycles. The minimum Gasteiger partial charge on any atom is -0.258 e. The van der Waals surface area contributed by atoms with Crippen LogP contribution in [0.1, 0.15) is 23.2 Å². The van der Waals surface area contributed by atoms with E-state index in [1.807, 2.05) is 0 Å². The van der Waals surface area contributed by atoms with Crippen molar-refractivity contribution in [3.05, 3.63) is 28.0 Å². The highest BCUT2D eigenvalue weighted by molar-refractivity contribution is 9.08. The molecular formula is C8H4BrClF2N2. The number of hydrogen-bond donors (Lipinski definition) is 0. The molecule has 0 aliphatic rings. The van der Waals surface area contributed by atoms with Crippen molar-refractivity contribution in [3.63, 3.8) is 0 Å². The summed E-state index contributed by atoms with van der Waals surface area (Å²) in [6.45, 7) is 0. The van der Waals surface area contributed by atoms with Crippen LogP contribution in [0.15, 0.2) is 6.20 Å². The Morgan fingerprint density at radius 2 is 2.29 bits per heavy atom. The van der Waals surface area contributed by atoms with Crippen molar-refractivity contribution in [2.24, 2.45) is 0 Å². The smallest absolute Gasteiger partial charge is 0.258 e. The lowest BCUT2D eigenvalue weighted by molar-refractivity contribution is 0.150. The second-order valence-corrected chi connectivity index (χ2v) is 3.33. The van der Waals surface area contributed by atoms with E-state index in [0.717, 1.165) is 0 Å². The van der Waals surface area contributed by atoms with Crippen molar-refractivity contribution in [3.8, 4) is 6.07 Å². The second-order valence-electron chi connectivity index (χ2n) is 2.39. The van der Waals surface area contributed by atoms with Gasteiger partial charge in [-0.1, -0.05) is 27.5 Å². The Hall–Kier alpha value is -0.730. The van der Waals surface area contributed by atoms with E-state index in [0.29, 0.717) is 0 Å². The third-order valence-electron chi connectivity index (χ3n) is 1.60. The van der Waals surface area contributed by atoms with Crippen LogP contribution < -0.4 is 0 Å². The Kier molecular flexibility index (Phi) is 3.78. The molecule has 0 amide bonds. The quantitative estimate of drug-likeness (QED) is 0.779. The van der Waals surface area contributed by atoms with Crippen LogP contribution >= 0.6 is 27.5 Å². The molecule has 0 radical (unpaired) electrons. The van der Waals surface area contributed by atoms with Gasteiger partial charge in [0.1, 0.15) is 6.07 Å². The zero-order chi connectivity index (χ0) is 10.7. The number of pyridine rings is 1. The van der Waals surface area contributed by atoms with Crippen molar-refractivity contribution >= 4 is 27.5 Å².